The number of hydrogen-bond donors (Lipinski definition) is 2. The van der Waals surface area contributed by atoms with Crippen LogP contribution in [0.5, 0.6) is 0 Å². The van der Waals surface area contributed by atoms with Gasteiger partial charge in [0, 0.05) is 4.57 Å². The lowest BCUT2D eigenvalue weighted by Gasteiger charge is -2.06. The molecular formula is C16H22O3P+. The maximum atomic E-state index is 8.70. The van der Waals surface area contributed by atoms with Gasteiger partial charge in [-0.2, -0.15) is 0 Å². The van der Waals surface area contributed by atoms with Gasteiger partial charge in [0.15, 0.2) is 0 Å². The fourth-order valence-electron chi connectivity index (χ4n) is 2.25. The summed E-state index contributed by atoms with van der Waals surface area (Å²) in [4.78, 5) is 14.2. The molecule has 0 fully saturated rings. The summed E-state index contributed by atoms with van der Waals surface area (Å²) >= 11 is 0. The molecule has 0 aliphatic carbocycles. The second-order valence-electron chi connectivity index (χ2n) is 4.70. The molecule has 0 aliphatic rings. The molecule has 2 aromatic rings. The van der Waals surface area contributed by atoms with E-state index in [1.54, 1.807) is 0 Å². The second-order valence-corrected chi connectivity index (χ2v) is 5.21. The maximum absolute atomic E-state index is 8.70. The van der Waals surface area contributed by atoms with Crippen molar-refractivity contribution in [3.05, 3.63) is 48.0 Å². The van der Waals surface area contributed by atoms with Crippen LogP contribution in [0.15, 0.2) is 42.5 Å². The van der Waals surface area contributed by atoms with Crippen LogP contribution in [-0.4, -0.2) is 9.79 Å². The summed E-state index contributed by atoms with van der Waals surface area (Å²) in [6.07, 6.45) is 6.59. The smallest absolute Gasteiger partial charge is 0.134 e. The first-order valence-corrected chi connectivity index (χ1v) is 8.13. The fraction of sp³-hybridized carbons (Fsp3) is 0.375. The van der Waals surface area contributed by atoms with E-state index in [4.69, 9.17) is 14.4 Å². The molecule has 20 heavy (non-hydrogen) atoms. The number of rotatable bonds is 5. The summed E-state index contributed by atoms with van der Waals surface area (Å²) in [6.45, 7) is 2.26. The predicted octanol–water partition coefficient (Wildman–Crippen LogP) is 4.59. The standard InChI is InChI=1S/C16H20.HO3P/c1-2-3-4-5-9-14-11-8-12-15-10-6-7-13-16(14)15;1-4(2)3/h6-8,10-13H,2-5,9H2,1H3;(H-,1,2,3)/p+1. The van der Waals surface area contributed by atoms with Crippen molar-refractivity contribution in [1.82, 2.24) is 0 Å². The van der Waals surface area contributed by atoms with Crippen LogP contribution in [0.1, 0.15) is 38.2 Å². The fourth-order valence-corrected chi connectivity index (χ4v) is 2.25. The van der Waals surface area contributed by atoms with E-state index in [0.717, 1.165) is 0 Å². The van der Waals surface area contributed by atoms with Crippen molar-refractivity contribution in [2.24, 2.45) is 0 Å². The molecule has 2 aromatic carbocycles. The van der Waals surface area contributed by atoms with Gasteiger partial charge in [-0.05, 0) is 29.2 Å². The zero-order valence-corrected chi connectivity index (χ0v) is 12.7. The minimum atomic E-state index is -2.87. The Morgan fingerprint density at radius 2 is 1.60 bits per heavy atom. The molecule has 0 spiro atoms. The third-order valence-corrected chi connectivity index (χ3v) is 3.18. The van der Waals surface area contributed by atoms with E-state index in [1.807, 2.05) is 0 Å². The van der Waals surface area contributed by atoms with Gasteiger partial charge in [0.25, 0.3) is 0 Å². The van der Waals surface area contributed by atoms with Crippen molar-refractivity contribution in [3.8, 4) is 0 Å². The number of benzene rings is 2. The summed E-state index contributed by atoms with van der Waals surface area (Å²) in [5, 5.41) is 2.80. The number of aryl methyl sites for hydroxylation is 1. The largest absolute Gasteiger partial charge is 0.692 e. The highest BCUT2D eigenvalue weighted by Crippen LogP contribution is 2.20. The normalized spacial score (nSPS) is 9.95. The highest BCUT2D eigenvalue weighted by molar-refractivity contribution is 7.30. The molecule has 3 nitrogen and oxygen atoms in total. The zero-order valence-electron chi connectivity index (χ0n) is 11.8. The predicted molar refractivity (Wildman–Crippen MR) is 83.8 cm³/mol. The average molecular weight is 293 g/mol. The summed E-state index contributed by atoms with van der Waals surface area (Å²) < 4.78 is 8.70. The molecule has 2 N–H and O–H groups in total. The van der Waals surface area contributed by atoms with Crippen molar-refractivity contribution < 1.29 is 14.4 Å². The van der Waals surface area contributed by atoms with Crippen LogP contribution in [0.4, 0.5) is 0 Å². The van der Waals surface area contributed by atoms with E-state index >= 15 is 0 Å². The minimum Gasteiger partial charge on any atom is -0.134 e. The van der Waals surface area contributed by atoms with Gasteiger partial charge in [-0.1, -0.05) is 68.7 Å². The minimum absolute atomic E-state index is 1.22. The Morgan fingerprint density at radius 3 is 2.30 bits per heavy atom. The summed E-state index contributed by atoms with van der Waals surface area (Å²) in [6, 6.07) is 15.3. The highest BCUT2D eigenvalue weighted by Gasteiger charge is 1.99. The topological polar surface area (TPSA) is 57.5 Å². The summed E-state index contributed by atoms with van der Waals surface area (Å²) in [5.74, 6) is 0. The molecule has 0 unspecified atom stereocenters. The molecule has 0 aromatic heterocycles. The van der Waals surface area contributed by atoms with Gasteiger partial charge in [-0.15, -0.1) is 9.79 Å². The molecule has 0 radical (unpaired) electrons. The van der Waals surface area contributed by atoms with Gasteiger partial charge in [-0.25, -0.2) is 0 Å². The molecule has 0 amide bonds. The molecule has 0 saturated heterocycles. The molecule has 2 rings (SSSR count). The molecule has 108 valence electrons. The monoisotopic (exact) mass is 293 g/mol. The lowest BCUT2D eigenvalue weighted by Crippen LogP contribution is -1.87. The molecule has 0 bridgehead atoms. The number of unbranched alkanes of at least 4 members (excludes halogenated alkanes) is 3. The van der Waals surface area contributed by atoms with Crippen molar-refractivity contribution in [3.63, 3.8) is 0 Å². The highest BCUT2D eigenvalue weighted by atomic mass is 31.1. The van der Waals surface area contributed by atoms with Gasteiger partial charge in [0.05, 0.1) is 0 Å². The van der Waals surface area contributed by atoms with Gasteiger partial charge < -0.3 is 0 Å². The van der Waals surface area contributed by atoms with Crippen LogP contribution in [0.3, 0.4) is 0 Å². The van der Waals surface area contributed by atoms with Crippen LogP contribution in [0.2, 0.25) is 0 Å². The van der Waals surface area contributed by atoms with Gasteiger partial charge in [0.1, 0.15) is 0 Å². The molecule has 0 atom stereocenters. The molecule has 4 heteroatoms. The van der Waals surface area contributed by atoms with Crippen LogP contribution in [-0.2, 0) is 11.0 Å². The molecular weight excluding hydrogens is 271 g/mol. The van der Waals surface area contributed by atoms with Crippen molar-refractivity contribution >= 4 is 19.0 Å². The SMILES string of the molecule is CCCCCCc1cccc2ccccc12.O=[P+](O)O. The van der Waals surface area contributed by atoms with Gasteiger partial charge >= 0.3 is 8.25 Å². The Kier molecular flexibility index (Phi) is 8.05. The van der Waals surface area contributed by atoms with E-state index in [0.29, 0.717) is 0 Å². The molecule has 0 heterocycles. The third-order valence-electron chi connectivity index (χ3n) is 3.18. The molecule has 0 saturated carbocycles. The Bertz CT molecular complexity index is 531. The first kappa shape index (κ1) is 16.8. The van der Waals surface area contributed by atoms with Crippen molar-refractivity contribution in [2.45, 2.75) is 39.0 Å². The summed E-state index contributed by atoms with van der Waals surface area (Å²) in [7, 11) is -2.87. The van der Waals surface area contributed by atoms with E-state index in [1.165, 1.54) is 48.4 Å². The third kappa shape index (κ3) is 6.25. The van der Waals surface area contributed by atoms with Crippen LogP contribution in [0.25, 0.3) is 10.8 Å². The van der Waals surface area contributed by atoms with E-state index < -0.39 is 8.25 Å². The van der Waals surface area contributed by atoms with E-state index in [9.17, 15) is 0 Å². The lowest BCUT2D eigenvalue weighted by molar-refractivity contribution is 0.405. The van der Waals surface area contributed by atoms with E-state index in [-0.39, 0.29) is 0 Å². The first-order chi connectivity index (χ1) is 9.65. The Labute approximate surface area is 121 Å². The Balaban J connectivity index is 0.000000444. The van der Waals surface area contributed by atoms with E-state index in [2.05, 4.69) is 49.4 Å². The van der Waals surface area contributed by atoms with Crippen LogP contribution in [0, 0.1) is 0 Å². The van der Waals surface area contributed by atoms with Crippen LogP contribution >= 0.6 is 8.25 Å². The maximum Gasteiger partial charge on any atom is 0.692 e. The Hall–Kier alpha value is -1.28. The zero-order chi connectivity index (χ0) is 14.8. The number of hydrogen-bond acceptors (Lipinski definition) is 1. The van der Waals surface area contributed by atoms with Crippen LogP contribution < -0.4 is 0 Å². The first-order valence-electron chi connectivity index (χ1n) is 6.96. The van der Waals surface area contributed by atoms with Gasteiger partial charge in [0.2, 0.25) is 0 Å². The quantitative estimate of drug-likeness (QED) is 0.626. The average Bonchev–Trinajstić information content (AvgIpc) is 2.43. The van der Waals surface area contributed by atoms with Gasteiger partial charge in [-0.3, -0.25) is 0 Å². The van der Waals surface area contributed by atoms with Crippen molar-refractivity contribution in [1.29, 1.82) is 0 Å². The Morgan fingerprint density at radius 1 is 0.950 bits per heavy atom. The van der Waals surface area contributed by atoms with Crippen molar-refractivity contribution in [2.75, 3.05) is 0 Å². The summed E-state index contributed by atoms with van der Waals surface area (Å²) in [5.41, 5.74) is 1.51. The number of fused-ring (bicyclic) bond motifs is 1. The molecule has 0 aliphatic heterocycles. The second kappa shape index (κ2) is 9.60. The lowest BCUT2D eigenvalue weighted by atomic mass is 9.99.